The van der Waals surface area contributed by atoms with Crippen molar-refractivity contribution >= 4 is 11.4 Å². The van der Waals surface area contributed by atoms with Crippen LogP contribution in [0.2, 0.25) is 0 Å². The van der Waals surface area contributed by atoms with Crippen LogP contribution in [0.5, 0.6) is 0 Å². The van der Waals surface area contributed by atoms with E-state index in [1.165, 1.54) is 17.7 Å². The van der Waals surface area contributed by atoms with Gasteiger partial charge in [0.2, 0.25) is 0 Å². The number of nitrogens with zero attached hydrogens (tertiary/aromatic N) is 1. The topological polar surface area (TPSA) is 55.2 Å². The van der Waals surface area contributed by atoms with Crippen LogP contribution in [-0.4, -0.2) is 4.92 Å². The zero-order chi connectivity index (χ0) is 13.8. The molecular formula is C15H16N2O2. The van der Waals surface area contributed by atoms with Gasteiger partial charge in [-0.15, -0.1) is 0 Å². The van der Waals surface area contributed by atoms with Gasteiger partial charge in [0.15, 0.2) is 0 Å². The van der Waals surface area contributed by atoms with Gasteiger partial charge in [0.25, 0.3) is 5.69 Å². The number of nitrogens with one attached hydrogen (secondary N) is 1. The van der Waals surface area contributed by atoms with Crippen molar-refractivity contribution in [2.75, 3.05) is 5.32 Å². The molecule has 1 atom stereocenters. The van der Waals surface area contributed by atoms with E-state index >= 15 is 0 Å². The van der Waals surface area contributed by atoms with Crippen molar-refractivity contribution in [3.05, 3.63) is 69.8 Å². The van der Waals surface area contributed by atoms with Crippen molar-refractivity contribution in [3.8, 4) is 0 Å². The minimum Gasteiger partial charge on any atom is -0.378 e. The van der Waals surface area contributed by atoms with E-state index in [0.717, 1.165) is 11.3 Å². The third-order valence-electron chi connectivity index (χ3n) is 3.12. The van der Waals surface area contributed by atoms with Gasteiger partial charge in [-0.1, -0.05) is 30.3 Å². The van der Waals surface area contributed by atoms with Gasteiger partial charge < -0.3 is 5.32 Å². The number of anilines is 1. The van der Waals surface area contributed by atoms with E-state index in [4.69, 9.17) is 0 Å². The molecule has 0 aliphatic heterocycles. The van der Waals surface area contributed by atoms with Crippen molar-refractivity contribution in [1.82, 2.24) is 0 Å². The van der Waals surface area contributed by atoms with Gasteiger partial charge >= 0.3 is 0 Å². The second kappa shape index (κ2) is 5.52. The summed E-state index contributed by atoms with van der Waals surface area (Å²) < 4.78 is 0. The number of rotatable bonds is 4. The summed E-state index contributed by atoms with van der Waals surface area (Å²) >= 11 is 0. The molecule has 19 heavy (non-hydrogen) atoms. The van der Waals surface area contributed by atoms with Crippen LogP contribution >= 0.6 is 0 Å². The van der Waals surface area contributed by atoms with Crippen molar-refractivity contribution in [2.24, 2.45) is 0 Å². The number of hydrogen-bond donors (Lipinski definition) is 1. The van der Waals surface area contributed by atoms with Crippen molar-refractivity contribution in [1.29, 1.82) is 0 Å². The van der Waals surface area contributed by atoms with Crippen LogP contribution < -0.4 is 5.32 Å². The zero-order valence-electron chi connectivity index (χ0n) is 11.0. The molecule has 0 radical (unpaired) electrons. The molecule has 0 saturated carbocycles. The molecule has 0 aliphatic carbocycles. The normalized spacial score (nSPS) is 11.9. The Morgan fingerprint density at radius 3 is 2.32 bits per heavy atom. The van der Waals surface area contributed by atoms with Gasteiger partial charge in [0.1, 0.15) is 0 Å². The van der Waals surface area contributed by atoms with Crippen LogP contribution in [0.15, 0.2) is 48.5 Å². The summed E-state index contributed by atoms with van der Waals surface area (Å²) in [5.41, 5.74) is 3.39. The maximum absolute atomic E-state index is 10.6. The highest BCUT2D eigenvalue weighted by molar-refractivity contribution is 5.52. The standard InChI is InChI=1S/C15H16N2O2/c1-11-5-3-4-6-15(11)16-12(2)13-7-9-14(10-8-13)17(18)19/h3-10,12,16H,1-2H3. The molecule has 1 N–H and O–H groups in total. The van der Waals surface area contributed by atoms with E-state index in [-0.39, 0.29) is 16.7 Å². The Bertz CT molecular complexity index is 579. The molecule has 98 valence electrons. The van der Waals surface area contributed by atoms with Gasteiger partial charge in [-0.3, -0.25) is 10.1 Å². The number of benzene rings is 2. The Balaban J connectivity index is 2.14. The Kier molecular flexibility index (Phi) is 3.80. The first kappa shape index (κ1) is 13.1. The van der Waals surface area contributed by atoms with Crippen LogP contribution in [0.3, 0.4) is 0 Å². The Morgan fingerprint density at radius 1 is 1.11 bits per heavy atom. The summed E-state index contributed by atoms with van der Waals surface area (Å²) in [4.78, 5) is 10.2. The lowest BCUT2D eigenvalue weighted by Gasteiger charge is -2.17. The summed E-state index contributed by atoms with van der Waals surface area (Å²) in [5, 5.41) is 14.0. The van der Waals surface area contributed by atoms with Crippen molar-refractivity contribution < 1.29 is 4.92 Å². The molecule has 0 aromatic heterocycles. The SMILES string of the molecule is Cc1ccccc1NC(C)c1ccc([N+](=O)[O-])cc1. The molecule has 0 amide bonds. The minimum atomic E-state index is -0.386. The maximum Gasteiger partial charge on any atom is 0.269 e. The van der Waals surface area contributed by atoms with Crippen molar-refractivity contribution in [3.63, 3.8) is 0 Å². The predicted molar refractivity (Wildman–Crippen MR) is 76.3 cm³/mol. The first-order valence-electron chi connectivity index (χ1n) is 6.14. The lowest BCUT2D eigenvalue weighted by Crippen LogP contribution is -2.07. The Labute approximate surface area is 112 Å². The summed E-state index contributed by atoms with van der Waals surface area (Å²) in [5.74, 6) is 0. The lowest BCUT2D eigenvalue weighted by atomic mass is 10.1. The molecule has 2 aromatic rings. The number of para-hydroxylation sites is 1. The largest absolute Gasteiger partial charge is 0.378 e. The second-order valence-corrected chi connectivity index (χ2v) is 4.53. The van der Waals surface area contributed by atoms with E-state index in [9.17, 15) is 10.1 Å². The van der Waals surface area contributed by atoms with Crippen LogP contribution in [0.1, 0.15) is 24.1 Å². The summed E-state index contributed by atoms with van der Waals surface area (Å²) in [6.07, 6.45) is 0. The van der Waals surface area contributed by atoms with E-state index in [0.29, 0.717) is 0 Å². The lowest BCUT2D eigenvalue weighted by molar-refractivity contribution is -0.384. The van der Waals surface area contributed by atoms with Gasteiger partial charge in [0, 0.05) is 23.9 Å². The highest BCUT2D eigenvalue weighted by atomic mass is 16.6. The van der Waals surface area contributed by atoms with E-state index in [1.54, 1.807) is 12.1 Å². The highest BCUT2D eigenvalue weighted by Crippen LogP contribution is 2.23. The smallest absolute Gasteiger partial charge is 0.269 e. The molecule has 4 nitrogen and oxygen atoms in total. The van der Waals surface area contributed by atoms with Gasteiger partial charge in [-0.25, -0.2) is 0 Å². The first-order chi connectivity index (χ1) is 9.08. The van der Waals surface area contributed by atoms with Gasteiger partial charge in [-0.05, 0) is 31.0 Å². The quantitative estimate of drug-likeness (QED) is 0.662. The van der Waals surface area contributed by atoms with Gasteiger partial charge in [-0.2, -0.15) is 0 Å². The van der Waals surface area contributed by atoms with E-state index in [1.807, 2.05) is 38.1 Å². The second-order valence-electron chi connectivity index (χ2n) is 4.53. The zero-order valence-corrected chi connectivity index (χ0v) is 11.0. The predicted octanol–water partition coefficient (Wildman–Crippen LogP) is 4.08. The average molecular weight is 256 g/mol. The Hall–Kier alpha value is -2.36. The van der Waals surface area contributed by atoms with Gasteiger partial charge in [0.05, 0.1) is 4.92 Å². The molecule has 0 fully saturated rings. The summed E-state index contributed by atoms with van der Waals surface area (Å²) in [6.45, 7) is 4.08. The fourth-order valence-electron chi connectivity index (χ4n) is 1.94. The number of hydrogen-bond acceptors (Lipinski definition) is 3. The summed E-state index contributed by atoms with van der Waals surface area (Å²) in [6, 6.07) is 14.8. The minimum absolute atomic E-state index is 0.0990. The molecule has 2 rings (SSSR count). The third-order valence-corrected chi connectivity index (χ3v) is 3.12. The molecule has 0 saturated heterocycles. The number of nitro groups is 1. The molecule has 0 spiro atoms. The van der Waals surface area contributed by atoms with Crippen molar-refractivity contribution in [2.45, 2.75) is 19.9 Å². The van der Waals surface area contributed by atoms with Crippen LogP contribution in [0.25, 0.3) is 0 Å². The summed E-state index contributed by atoms with van der Waals surface area (Å²) in [7, 11) is 0. The Morgan fingerprint density at radius 2 is 1.74 bits per heavy atom. The van der Waals surface area contributed by atoms with Crippen LogP contribution in [0.4, 0.5) is 11.4 Å². The van der Waals surface area contributed by atoms with Crippen LogP contribution in [0, 0.1) is 17.0 Å². The number of nitro benzene ring substituents is 1. The molecule has 2 aromatic carbocycles. The maximum atomic E-state index is 10.6. The average Bonchev–Trinajstić information content (AvgIpc) is 2.41. The molecular weight excluding hydrogens is 240 g/mol. The fourth-order valence-corrected chi connectivity index (χ4v) is 1.94. The molecule has 4 heteroatoms. The monoisotopic (exact) mass is 256 g/mol. The highest BCUT2D eigenvalue weighted by Gasteiger charge is 2.09. The first-order valence-corrected chi connectivity index (χ1v) is 6.14. The molecule has 1 unspecified atom stereocenters. The van der Waals surface area contributed by atoms with Crippen LogP contribution in [-0.2, 0) is 0 Å². The third kappa shape index (κ3) is 3.10. The van der Waals surface area contributed by atoms with E-state index < -0.39 is 0 Å². The number of non-ortho nitro benzene ring substituents is 1. The molecule has 0 heterocycles. The molecule has 0 aliphatic rings. The van der Waals surface area contributed by atoms with E-state index in [2.05, 4.69) is 5.32 Å². The molecule has 0 bridgehead atoms. The number of aryl methyl sites for hydroxylation is 1. The fraction of sp³-hybridized carbons (Fsp3) is 0.200.